The first kappa shape index (κ1) is 18.1. The summed E-state index contributed by atoms with van der Waals surface area (Å²) in [5, 5.41) is 0. The van der Waals surface area contributed by atoms with Crippen LogP contribution < -0.4 is 9.47 Å². The van der Waals surface area contributed by atoms with Crippen molar-refractivity contribution in [2.24, 2.45) is 0 Å². The molecule has 1 unspecified atom stereocenters. The standard InChI is InChI=1S/C19H24N2O6/c1-13(17(22)14-3-4-15-16(9-14)27-12-26-15)20(2)18(23)25-8-7-21-6-5-19(21)10-24-11-19/h3-4,9,13H,5-8,10-12H2,1-2H3. The van der Waals surface area contributed by atoms with E-state index in [1.165, 1.54) is 4.90 Å². The minimum Gasteiger partial charge on any atom is -0.454 e. The Bertz CT molecular complexity index is 742. The molecule has 4 rings (SSSR count). The van der Waals surface area contributed by atoms with E-state index in [2.05, 4.69) is 4.90 Å². The smallest absolute Gasteiger partial charge is 0.410 e. The maximum Gasteiger partial charge on any atom is 0.410 e. The molecule has 3 heterocycles. The molecule has 0 aromatic heterocycles. The van der Waals surface area contributed by atoms with E-state index in [1.807, 2.05) is 0 Å². The summed E-state index contributed by atoms with van der Waals surface area (Å²) in [6, 6.07) is 4.38. The molecule has 3 aliphatic rings. The van der Waals surface area contributed by atoms with Gasteiger partial charge in [0.05, 0.1) is 24.8 Å². The van der Waals surface area contributed by atoms with Crippen molar-refractivity contribution in [3.05, 3.63) is 23.8 Å². The lowest BCUT2D eigenvalue weighted by molar-refractivity contribution is -0.194. The summed E-state index contributed by atoms with van der Waals surface area (Å²) in [7, 11) is 1.57. The second-order valence-electron chi connectivity index (χ2n) is 7.29. The van der Waals surface area contributed by atoms with Gasteiger partial charge in [0.25, 0.3) is 0 Å². The fourth-order valence-electron chi connectivity index (χ4n) is 3.57. The van der Waals surface area contributed by atoms with E-state index in [-0.39, 0.29) is 18.1 Å². The summed E-state index contributed by atoms with van der Waals surface area (Å²) in [6.07, 6.45) is 0.637. The van der Waals surface area contributed by atoms with Crippen LogP contribution in [0.25, 0.3) is 0 Å². The first-order valence-corrected chi connectivity index (χ1v) is 9.16. The van der Waals surface area contributed by atoms with Gasteiger partial charge >= 0.3 is 6.09 Å². The summed E-state index contributed by atoms with van der Waals surface area (Å²) >= 11 is 0. The van der Waals surface area contributed by atoms with Gasteiger partial charge in [-0.15, -0.1) is 0 Å². The maximum absolute atomic E-state index is 12.7. The zero-order chi connectivity index (χ0) is 19.0. The van der Waals surface area contributed by atoms with E-state index in [4.69, 9.17) is 18.9 Å². The molecule has 0 N–H and O–H groups in total. The normalized spacial score (nSPS) is 20.5. The van der Waals surface area contributed by atoms with Gasteiger partial charge in [0.1, 0.15) is 6.61 Å². The second kappa shape index (κ2) is 7.01. The molecule has 1 atom stereocenters. The minimum absolute atomic E-state index is 0.152. The number of rotatable bonds is 6. The van der Waals surface area contributed by atoms with Crippen molar-refractivity contribution in [2.75, 3.05) is 46.8 Å². The largest absolute Gasteiger partial charge is 0.454 e. The third-order valence-electron chi connectivity index (χ3n) is 5.75. The number of nitrogens with zero attached hydrogens (tertiary/aromatic N) is 2. The number of ether oxygens (including phenoxy) is 4. The molecule has 146 valence electrons. The second-order valence-corrected chi connectivity index (χ2v) is 7.29. The average molecular weight is 376 g/mol. The van der Waals surface area contributed by atoms with Crippen LogP contribution in [0, 0.1) is 0 Å². The molecule has 1 spiro atoms. The van der Waals surface area contributed by atoms with Crippen molar-refractivity contribution in [3.8, 4) is 11.5 Å². The van der Waals surface area contributed by atoms with Crippen LogP contribution in [0.3, 0.4) is 0 Å². The van der Waals surface area contributed by atoms with Crippen molar-refractivity contribution >= 4 is 11.9 Å². The molecule has 0 aliphatic carbocycles. The first-order chi connectivity index (χ1) is 13.0. The predicted molar refractivity (Wildman–Crippen MR) is 95.2 cm³/mol. The van der Waals surface area contributed by atoms with Crippen LogP contribution in [0.4, 0.5) is 4.79 Å². The van der Waals surface area contributed by atoms with Crippen molar-refractivity contribution in [1.29, 1.82) is 0 Å². The Morgan fingerprint density at radius 3 is 2.74 bits per heavy atom. The average Bonchev–Trinajstić information content (AvgIpc) is 3.08. The van der Waals surface area contributed by atoms with Crippen LogP contribution >= 0.6 is 0 Å². The number of hydrogen-bond acceptors (Lipinski definition) is 7. The monoisotopic (exact) mass is 376 g/mol. The Morgan fingerprint density at radius 2 is 2.07 bits per heavy atom. The molecule has 8 nitrogen and oxygen atoms in total. The van der Waals surface area contributed by atoms with E-state index in [9.17, 15) is 9.59 Å². The molecule has 1 aromatic carbocycles. The van der Waals surface area contributed by atoms with E-state index < -0.39 is 12.1 Å². The van der Waals surface area contributed by atoms with Crippen LogP contribution in [-0.2, 0) is 9.47 Å². The zero-order valence-corrected chi connectivity index (χ0v) is 15.6. The summed E-state index contributed by atoms with van der Waals surface area (Å²) in [5.41, 5.74) is 0.653. The number of carbonyl (C=O) groups excluding carboxylic acids is 2. The minimum atomic E-state index is -0.645. The lowest BCUT2D eigenvalue weighted by Gasteiger charge is -2.57. The Morgan fingerprint density at radius 1 is 1.30 bits per heavy atom. The molecule has 1 aromatic rings. The Hall–Kier alpha value is -2.32. The van der Waals surface area contributed by atoms with Crippen molar-refractivity contribution in [2.45, 2.75) is 24.9 Å². The number of ketones is 1. The summed E-state index contributed by atoms with van der Waals surface area (Å²) < 4.78 is 21.2. The number of hydrogen-bond donors (Lipinski definition) is 0. The molecule has 2 fully saturated rings. The molecule has 0 radical (unpaired) electrons. The van der Waals surface area contributed by atoms with E-state index in [0.717, 1.165) is 26.2 Å². The first-order valence-electron chi connectivity index (χ1n) is 9.16. The van der Waals surface area contributed by atoms with E-state index in [1.54, 1.807) is 32.2 Å². The van der Waals surface area contributed by atoms with Crippen LogP contribution in [0.2, 0.25) is 0 Å². The van der Waals surface area contributed by atoms with Gasteiger partial charge in [-0.1, -0.05) is 0 Å². The highest BCUT2D eigenvalue weighted by Crippen LogP contribution is 2.36. The molecule has 3 aliphatic heterocycles. The van der Waals surface area contributed by atoms with Crippen LogP contribution in [-0.4, -0.2) is 80.0 Å². The van der Waals surface area contributed by atoms with Crippen LogP contribution in [0.15, 0.2) is 18.2 Å². The molecule has 2 saturated heterocycles. The number of likely N-dealkylation sites (N-methyl/N-ethyl adjacent to an activating group) is 1. The van der Waals surface area contributed by atoms with Gasteiger partial charge < -0.3 is 23.8 Å². The molecule has 27 heavy (non-hydrogen) atoms. The molecular weight excluding hydrogens is 352 g/mol. The predicted octanol–water partition coefficient (Wildman–Crippen LogP) is 1.53. The summed E-state index contributed by atoms with van der Waals surface area (Å²) in [6.45, 7) is 5.37. The molecule has 1 amide bonds. The third kappa shape index (κ3) is 3.23. The van der Waals surface area contributed by atoms with Gasteiger partial charge in [-0.05, 0) is 31.5 Å². The highest BCUT2D eigenvalue weighted by Gasteiger charge is 2.50. The molecule has 8 heteroatoms. The molecule has 0 saturated carbocycles. The maximum atomic E-state index is 12.7. The van der Waals surface area contributed by atoms with Gasteiger partial charge in [-0.25, -0.2) is 4.79 Å². The van der Waals surface area contributed by atoms with Crippen molar-refractivity contribution < 1.29 is 28.5 Å². The quantitative estimate of drug-likeness (QED) is 0.697. The third-order valence-corrected chi connectivity index (χ3v) is 5.75. The van der Waals surface area contributed by atoms with E-state index >= 15 is 0 Å². The van der Waals surface area contributed by atoms with Gasteiger partial charge in [0.15, 0.2) is 17.3 Å². The number of benzene rings is 1. The molecule has 0 bridgehead atoms. The van der Waals surface area contributed by atoms with Gasteiger partial charge in [-0.3, -0.25) is 9.69 Å². The van der Waals surface area contributed by atoms with Crippen LogP contribution in [0.1, 0.15) is 23.7 Å². The van der Waals surface area contributed by atoms with E-state index in [0.29, 0.717) is 30.2 Å². The van der Waals surface area contributed by atoms with Gasteiger partial charge in [0.2, 0.25) is 6.79 Å². The SMILES string of the molecule is CC(C(=O)c1ccc2c(c1)OCO2)N(C)C(=O)OCCN1CCC12COC2. The lowest BCUT2D eigenvalue weighted by atomic mass is 9.83. The fourth-order valence-corrected chi connectivity index (χ4v) is 3.57. The number of amides is 1. The highest BCUT2D eigenvalue weighted by atomic mass is 16.7. The Labute approximate surface area is 157 Å². The number of fused-ring (bicyclic) bond motifs is 1. The Kier molecular flexibility index (Phi) is 4.69. The summed E-state index contributed by atoms with van der Waals surface area (Å²) in [4.78, 5) is 28.6. The number of carbonyl (C=O) groups is 2. The van der Waals surface area contributed by atoms with Gasteiger partial charge in [-0.2, -0.15) is 0 Å². The topological polar surface area (TPSA) is 77.5 Å². The number of Topliss-reactive ketones (excluding diaryl/α,β-unsaturated/α-hetero) is 1. The molecular formula is C19H24N2O6. The lowest BCUT2D eigenvalue weighted by Crippen LogP contribution is -2.71. The van der Waals surface area contributed by atoms with Crippen molar-refractivity contribution in [1.82, 2.24) is 9.80 Å². The summed E-state index contributed by atoms with van der Waals surface area (Å²) in [5.74, 6) is 0.982. The van der Waals surface area contributed by atoms with Crippen LogP contribution in [0.5, 0.6) is 11.5 Å². The van der Waals surface area contributed by atoms with Crippen molar-refractivity contribution in [3.63, 3.8) is 0 Å². The van der Waals surface area contributed by atoms with Gasteiger partial charge in [0, 0.05) is 25.7 Å². The highest BCUT2D eigenvalue weighted by molar-refractivity contribution is 6.01. The number of likely N-dealkylation sites (tertiary alicyclic amines) is 1. The zero-order valence-electron chi connectivity index (χ0n) is 15.6. The Balaban J connectivity index is 1.28. The fraction of sp³-hybridized carbons (Fsp3) is 0.579.